The summed E-state index contributed by atoms with van der Waals surface area (Å²) in [7, 11) is 0. The Morgan fingerprint density at radius 1 is 0.674 bits per heavy atom. The number of aliphatic hydroxyl groups is 4. The molecule has 4 N–H and O–H groups in total. The summed E-state index contributed by atoms with van der Waals surface area (Å²) < 4.78 is 33.3. The van der Waals surface area contributed by atoms with Crippen molar-refractivity contribution in [3.63, 3.8) is 0 Å². The molecule has 0 aromatic heterocycles. The average molecular weight is 615 g/mol. The number of aliphatic hydroxyl groups excluding tert-OH is 4. The van der Waals surface area contributed by atoms with E-state index < -0.39 is 73.4 Å². The highest BCUT2D eigenvalue weighted by Crippen LogP contribution is 2.29. The van der Waals surface area contributed by atoms with Crippen molar-refractivity contribution in [3.8, 4) is 0 Å². The Morgan fingerprint density at radius 3 is 1.86 bits per heavy atom. The highest BCUT2D eigenvalue weighted by atomic mass is 16.7. The number of allylic oxidation sites excluding steroid dienone is 5. The molecule has 43 heavy (non-hydrogen) atoms. The third-order valence-corrected chi connectivity index (χ3v) is 7.27. The largest absolute Gasteiger partial charge is 0.455 e. The van der Waals surface area contributed by atoms with Gasteiger partial charge in [-0.25, -0.2) is 0 Å². The molecule has 0 saturated carbocycles. The van der Waals surface area contributed by atoms with E-state index in [4.69, 9.17) is 28.4 Å². The van der Waals surface area contributed by atoms with Gasteiger partial charge in [-0.05, 0) is 60.3 Å². The van der Waals surface area contributed by atoms with Gasteiger partial charge in [0.15, 0.2) is 24.8 Å². The number of ether oxygens (including phenoxy) is 6. The molecule has 0 aliphatic carbocycles. The van der Waals surface area contributed by atoms with E-state index in [2.05, 4.69) is 32.9 Å². The van der Waals surface area contributed by atoms with Gasteiger partial charge in [0.1, 0.15) is 30.5 Å². The van der Waals surface area contributed by atoms with Crippen molar-refractivity contribution in [1.82, 2.24) is 0 Å². The summed E-state index contributed by atoms with van der Waals surface area (Å²) >= 11 is 0. The van der Waals surface area contributed by atoms with Gasteiger partial charge in [0.05, 0.1) is 19.3 Å². The molecule has 0 bridgehead atoms. The van der Waals surface area contributed by atoms with Crippen LogP contribution in [0.3, 0.4) is 0 Å². The Balaban J connectivity index is 1.96. The predicted octanol–water partition coefficient (Wildman–Crippen LogP) is 2.22. The fourth-order valence-corrected chi connectivity index (χ4v) is 4.77. The third-order valence-electron chi connectivity index (χ3n) is 7.27. The zero-order chi connectivity index (χ0) is 32.3. The Labute approximate surface area is 254 Å². The van der Waals surface area contributed by atoms with Gasteiger partial charge in [0.2, 0.25) is 0 Å². The molecule has 2 heterocycles. The van der Waals surface area contributed by atoms with Crippen LogP contribution < -0.4 is 0 Å². The van der Waals surface area contributed by atoms with Crippen LogP contribution in [0.15, 0.2) is 34.9 Å². The summed E-state index contributed by atoms with van der Waals surface area (Å²) in [4.78, 5) is 23.4. The van der Waals surface area contributed by atoms with Gasteiger partial charge in [0.25, 0.3) is 0 Å². The molecular weight excluding hydrogens is 564 g/mol. The summed E-state index contributed by atoms with van der Waals surface area (Å²) in [5, 5.41) is 41.9. The average Bonchev–Trinajstić information content (AvgIpc) is 2.91. The number of carbonyl (C=O) groups excluding carboxylic acids is 2. The molecule has 2 rings (SSSR count). The predicted molar refractivity (Wildman–Crippen MR) is 155 cm³/mol. The van der Waals surface area contributed by atoms with Gasteiger partial charge < -0.3 is 48.8 Å². The van der Waals surface area contributed by atoms with Gasteiger partial charge >= 0.3 is 11.9 Å². The Kier molecular flexibility index (Phi) is 15.5. The van der Waals surface area contributed by atoms with Crippen LogP contribution in [-0.4, -0.2) is 107 Å². The lowest BCUT2D eigenvalue weighted by atomic mass is 9.98. The van der Waals surface area contributed by atoms with Crippen molar-refractivity contribution in [3.05, 3.63) is 34.9 Å². The maximum absolute atomic E-state index is 11.7. The van der Waals surface area contributed by atoms with Gasteiger partial charge in [-0.2, -0.15) is 0 Å². The Morgan fingerprint density at radius 2 is 1.26 bits per heavy atom. The van der Waals surface area contributed by atoms with Gasteiger partial charge in [0, 0.05) is 13.8 Å². The zero-order valence-electron chi connectivity index (χ0n) is 26.3. The third kappa shape index (κ3) is 12.0. The molecule has 0 aromatic carbocycles. The van der Waals surface area contributed by atoms with E-state index in [1.165, 1.54) is 18.1 Å². The highest BCUT2D eigenvalue weighted by molar-refractivity contribution is 5.67. The minimum atomic E-state index is -1.59. The minimum absolute atomic E-state index is 0.104. The van der Waals surface area contributed by atoms with E-state index in [0.717, 1.165) is 45.1 Å². The van der Waals surface area contributed by atoms with Crippen LogP contribution in [0.25, 0.3) is 0 Å². The molecule has 2 fully saturated rings. The summed E-state index contributed by atoms with van der Waals surface area (Å²) in [6, 6.07) is 0. The first-order valence-electron chi connectivity index (χ1n) is 14.8. The first-order chi connectivity index (χ1) is 20.2. The topological polar surface area (TPSA) is 170 Å². The van der Waals surface area contributed by atoms with Crippen LogP contribution in [0.1, 0.15) is 74.1 Å². The van der Waals surface area contributed by atoms with Crippen molar-refractivity contribution in [2.45, 2.75) is 136 Å². The number of carbonyl (C=O) groups is 2. The van der Waals surface area contributed by atoms with Crippen LogP contribution >= 0.6 is 0 Å². The molecule has 0 spiro atoms. The first-order valence-corrected chi connectivity index (χ1v) is 14.8. The van der Waals surface area contributed by atoms with E-state index in [1.807, 2.05) is 13.0 Å². The van der Waals surface area contributed by atoms with Crippen LogP contribution in [0.4, 0.5) is 0 Å². The maximum Gasteiger partial charge on any atom is 0.303 e. The lowest BCUT2D eigenvalue weighted by Gasteiger charge is -2.43. The van der Waals surface area contributed by atoms with E-state index in [-0.39, 0.29) is 13.2 Å². The van der Waals surface area contributed by atoms with Crippen LogP contribution in [-0.2, 0) is 38.0 Å². The molecule has 2 aliphatic rings. The number of rotatable bonds is 14. The first kappa shape index (κ1) is 37.0. The second-order valence-electron chi connectivity index (χ2n) is 11.5. The molecular formula is C31H50O12. The number of hydrogen-bond donors (Lipinski definition) is 4. The number of esters is 2. The Bertz CT molecular complexity index is 987. The quantitative estimate of drug-likeness (QED) is 0.166. The second-order valence-corrected chi connectivity index (χ2v) is 11.5. The van der Waals surface area contributed by atoms with Crippen molar-refractivity contribution < 1.29 is 58.4 Å². The molecule has 0 aromatic rings. The molecule has 0 radical (unpaired) electrons. The molecule has 246 valence electrons. The normalized spacial score (nSPS) is 33.6. The second kappa shape index (κ2) is 18.0. The molecule has 12 heteroatoms. The smallest absolute Gasteiger partial charge is 0.303 e. The Hall–Kier alpha value is -2.16. The maximum atomic E-state index is 11.7. The van der Waals surface area contributed by atoms with Crippen LogP contribution in [0.5, 0.6) is 0 Å². The van der Waals surface area contributed by atoms with E-state index in [1.54, 1.807) is 0 Å². The lowest BCUT2D eigenvalue weighted by Crippen LogP contribution is -2.62. The van der Waals surface area contributed by atoms with Crippen molar-refractivity contribution in [1.29, 1.82) is 0 Å². The highest BCUT2D eigenvalue weighted by Gasteiger charge is 2.50. The zero-order valence-corrected chi connectivity index (χ0v) is 26.3. The summed E-state index contributed by atoms with van der Waals surface area (Å²) in [5.74, 6) is -1.43. The van der Waals surface area contributed by atoms with E-state index in [9.17, 15) is 30.0 Å². The van der Waals surface area contributed by atoms with Crippen molar-refractivity contribution >= 4 is 11.9 Å². The molecule has 2 aliphatic heterocycles. The molecule has 10 atom stereocenters. The summed E-state index contributed by atoms with van der Waals surface area (Å²) in [6.45, 7) is 11.8. The summed E-state index contributed by atoms with van der Waals surface area (Å²) in [6.07, 6.45) is -3.04. The van der Waals surface area contributed by atoms with Gasteiger partial charge in [-0.3, -0.25) is 9.59 Å². The SMILES string of the molecule is CC(=O)OC1C(OCC2OC(OCC=C(C)CCC=C(C)CCC=C(C)C)C(O)C(O)C2O)OC(C)C(O)C1OC(C)=O. The van der Waals surface area contributed by atoms with Gasteiger partial charge in [-0.15, -0.1) is 0 Å². The van der Waals surface area contributed by atoms with E-state index in [0.29, 0.717) is 0 Å². The van der Waals surface area contributed by atoms with E-state index >= 15 is 0 Å². The minimum Gasteiger partial charge on any atom is -0.455 e. The van der Waals surface area contributed by atoms with Crippen LogP contribution in [0.2, 0.25) is 0 Å². The van der Waals surface area contributed by atoms with Gasteiger partial charge in [-0.1, -0.05) is 34.9 Å². The van der Waals surface area contributed by atoms with Crippen LogP contribution in [0, 0.1) is 0 Å². The molecule has 0 amide bonds. The molecule has 10 unspecified atom stereocenters. The monoisotopic (exact) mass is 614 g/mol. The fourth-order valence-electron chi connectivity index (χ4n) is 4.77. The molecule has 12 nitrogen and oxygen atoms in total. The fraction of sp³-hybridized carbons (Fsp3) is 0.742. The summed E-state index contributed by atoms with van der Waals surface area (Å²) in [5.41, 5.74) is 3.74. The molecule has 2 saturated heterocycles. The number of hydrogen-bond acceptors (Lipinski definition) is 12. The van der Waals surface area contributed by atoms with Crippen molar-refractivity contribution in [2.24, 2.45) is 0 Å². The van der Waals surface area contributed by atoms with Crippen molar-refractivity contribution in [2.75, 3.05) is 13.2 Å². The standard InChI is InChI=1S/C31H50O12/c1-17(2)10-8-11-18(3)12-9-13-19(4)14-15-38-30-27(37)26(36)25(35)23(43-30)16-39-31-29(42-22(7)33)28(41-21(6)32)24(34)20(5)40-31/h10,12,14,20,23-31,34-37H,8-9,11,13,15-16H2,1-7H3. The lowest BCUT2D eigenvalue weighted by molar-refractivity contribution is -0.328.